The third kappa shape index (κ3) is 2.29. The van der Waals surface area contributed by atoms with Gasteiger partial charge in [-0.2, -0.15) is 0 Å². The highest BCUT2D eigenvalue weighted by Gasteiger charge is 2.42. The molecule has 2 aliphatic heterocycles. The molecule has 2 bridgehead atoms. The van der Waals surface area contributed by atoms with Gasteiger partial charge in [-0.15, -0.1) is 0 Å². The van der Waals surface area contributed by atoms with Crippen LogP contribution in [0.3, 0.4) is 0 Å². The molecule has 0 saturated carbocycles. The number of halogens is 2. The fraction of sp³-hybridized carbons (Fsp3) is 0.500. The Bertz CT molecular complexity index is 489. The van der Waals surface area contributed by atoms with Crippen molar-refractivity contribution >= 4 is 29.0 Å². The van der Waals surface area contributed by atoms with E-state index in [0.717, 1.165) is 18.4 Å². The maximum atomic E-state index is 12.3. The molecule has 2 aliphatic rings. The topological polar surface area (TPSA) is 29.1 Å². The highest BCUT2D eigenvalue weighted by atomic mass is 35.5. The van der Waals surface area contributed by atoms with Crippen LogP contribution >= 0.6 is 23.2 Å². The summed E-state index contributed by atoms with van der Waals surface area (Å²) in [5.41, 5.74) is 0.956. The molecular formula is C14H15Cl2NO. The standard InChI is InChI=1S/C14H15Cl2NO/c15-11-3-1-8(5-12(11)16)6-14(18)10-7-9-2-4-13(10)17-9/h1,3,5,9-10,13,17H,2,4,6-7H2. The number of Topliss-reactive ketones (excluding diaryl/α,β-unsaturated/α-hetero) is 1. The number of nitrogens with one attached hydrogen (secondary N) is 1. The minimum Gasteiger partial charge on any atom is -0.310 e. The predicted molar refractivity (Wildman–Crippen MR) is 73.2 cm³/mol. The zero-order chi connectivity index (χ0) is 12.7. The molecule has 18 heavy (non-hydrogen) atoms. The second kappa shape index (κ2) is 4.84. The molecule has 2 heterocycles. The molecule has 2 nitrogen and oxygen atoms in total. The Hall–Kier alpha value is -0.570. The van der Waals surface area contributed by atoms with E-state index < -0.39 is 0 Å². The molecule has 1 N–H and O–H groups in total. The van der Waals surface area contributed by atoms with E-state index >= 15 is 0 Å². The molecular weight excluding hydrogens is 269 g/mol. The third-order valence-electron chi connectivity index (χ3n) is 4.08. The molecule has 0 aliphatic carbocycles. The van der Waals surface area contributed by atoms with Crippen molar-refractivity contribution < 1.29 is 4.79 Å². The Morgan fingerprint density at radius 1 is 1.28 bits per heavy atom. The second-order valence-electron chi connectivity index (χ2n) is 5.28. The van der Waals surface area contributed by atoms with Gasteiger partial charge in [0.05, 0.1) is 10.0 Å². The normalized spacial score (nSPS) is 29.8. The molecule has 0 spiro atoms. The van der Waals surface area contributed by atoms with Gasteiger partial charge in [-0.25, -0.2) is 0 Å². The van der Waals surface area contributed by atoms with Crippen molar-refractivity contribution in [1.82, 2.24) is 5.32 Å². The lowest BCUT2D eigenvalue weighted by molar-refractivity contribution is -0.122. The number of benzene rings is 1. The molecule has 4 heteroatoms. The van der Waals surface area contributed by atoms with Crippen LogP contribution in [0.25, 0.3) is 0 Å². The van der Waals surface area contributed by atoms with Gasteiger partial charge < -0.3 is 5.32 Å². The molecule has 2 fully saturated rings. The highest BCUT2D eigenvalue weighted by Crippen LogP contribution is 2.34. The summed E-state index contributed by atoms with van der Waals surface area (Å²) in [6.07, 6.45) is 3.83. The van der Waals surface area contributed by atoms with E-state index in [0.29, 0.717) is 34.3 Å². The third-order valence-corrected chi connectivity index (χ3v) is 4.82. The second-order valence-corrected chi connectivity index (χ2v) is 6.10. The van der Waals surface area contributed by atoms with E-state index in [1.54, 1.807) is 12.1 Å². The van der Waals surface area contributed by atoms with Crippen molar-refractivity contribution in [3.63, 3.8) is 0 Å². The number of carbonyl (C=O) groups is 1. The summed E-state index contributed by atoms with van der Waals surface area (Å²) in [5, 5.41) is 4.55. The van der Waals surface area contributed by atoms with Gasteiger partial charge >= 0.3 is 0 Å². The molecule has 96 valence electrons. The van der Waals surface area contributed by atoms with Gasteiger partial charge in [0.2, 0.25) is 0 Å². The van der Waals surface area contributed by atoms with Gasteiger partial charge in [-0.1, -0.05) is 29.3 Å². The Morgan fingerprint density at radius 3 is 2.72 bits per heavy atom. The Kier molecular flexibility index (Phi) is 3.35. The van der Waals surface area contributed by atoms with Crippen molar-refractivity contribution in [2.24, 2.45) is 5.92 Å². The fourth-order valence-electron chi connectivity index (χ4n) is 3.16. The maximum absolute atomic E-state index is 12.3. The lowest BCUT2D eigenvalue weighted by Gasteiger charge is -2.18. The van der Waals surface area contributed by atoms with Crippen LogP contribution in [-0.2, 0) is 11.2 Å². The average Bonchev–Trinajstić information content (AvgIpc) is 2.96. The van der Waals surface area contributed by atoms with E-state index in [9.17, 15) is 4.79 Å². The van der Waals surface area contributed by atoms with Crippen LogP contribution in [0.2, 0.25) is 10.0 Å². The predicted octanol–water partition coefficient (Wildman–Crippen LogP) is 3.25. The first-order chi connectivity index (χ1) is 8.63. The van der Waals surface area contributed by atoms with Crippen LogP contribution in [0.15, 0.2) is 18.2 Å². The molecule has 3 unspecified atom stereocenters. The van der Waals surface area contributed by atoms with Gasteiger partial charge in [0.1, 0.15) is 5.78 Å². The number of rotatable bonds is 3. The number of carbonyl (C=O) groups excluding carboxylic acids is 1. The van der Waals surface area contributed by atoms with Gasteiger partial charge in [0, 0.05) is 24.4 Å². The molecule has 2 saturated heterocycles. The van der Waals surface area contributed by atoms with Crippen LogP contribution in [0.5, 0.6) is 0 Å². The van der Waals surface area contributed by atoms with Crippen molar-refractivity contribution in [1.29, 1.82) is 0 Å². The molecule has 3 atom stereocenters. The summed E-state index contributed by atoms with van der Waals surface area (Å²) < 4.78 is 0. The van der Waals surface area contributed by atoms with Crippen molar-refractivity contribution in [3.05, 3.63) is 33.8 Å². The molecule has 3 rings (SSSR count). The fourth-order valence-corrected chi connectivity index (χ4v) is 3.48. The van der Waals surface area contributed by atoms with E-state index in [-0.39, 0.29) is 5.92 Å². The first-order valence-corrected chi connectivity index (χ1v) is 7.12. The van der Waals surface area contributed by atoms with Crippen LogP contribution in [0.4, 0.5) is 0 Å². The summed E-state index contributed by atoms with van der Waals surface area (Å²) in [6, 6.07) is 6.41. The number of hydrogen-bond acceptors (Lipinski definition) is 2. The van der Waals surface area contributed by atoms with E-state index in [1.807, 2.05) is 6.07 Å². The number of fused-ring (bicyclic) bond motifs is 2. The monoisotopic (exact) mass is 283 g/mol. The maximum Gasteiger partial charge on any atom is 0.141 e. The zero-order valence-electron chi connectivity index (χ0n) is 9.96. The van der Waals surface area contributed by atoms with Crippen molar-refractivity contribution in [2.75, 3.05) is 0 Å². The average molecular weight is 284 g/mol. The molecule has 0 amide bonds. The Balaban J connectivity index is 1.69. The minimum absolute atomic E-state index is 0.193. The van der Waals surface area contributed by atoms with Crippen molar-refractivity contribution in [2.45, 2.75) is 37.8 Å². The molecule has 1 aromatic carbocycles. The summed E-state index contributed by atoms with van der Waals surface area (Å²) in [5.74, 6) is 0.520. The van der Waals surface area contributed by atoms with E-state index in [4.69, 9.17) is 23.2 Å². The van der Waals surface area contributed by atoms with Gasteiger partial charge in [0.15, 0.2) is 0 Å². The van der Waals surface area contributed by atoms with Crippen LogP contribution in [-0.4, -0.2) is 17.9 Å². The lowest BCUT2D eigenvalue weighted by Crippen LogP contribution is -2.29. The van der Waals surface area contributed by atoms with Crippen LogP contribution in [0.1, 0.15) is 24.8 Å². The Morgan fingerprint density at radius 2 is 2.11 bits per heavy atom. The zero-order valence-corrected chi connectivity index (χ0v) is 11.5. The van der Waals surface area contributed by atoms with E-state index in [1.165, 1.54) is 6.42 Å². The lowest BCUT2D eigenvalue weighted by atomic mass is 9.84. The van der Waals surface area contributed by atoms with Crippen LogP contribution in [0, 0.1) is 5.92 Å². The van der Waals surface area contributed by atoms with Gasteiger partial charge in [0.25, 0.3) is 0 Å². The minimum atomic E-state index is 0.193. The quantitative estimate of drug-likeness (QED) is 0.923. The number of hydrogen-bond donors (Lipinski definition) is 1. The Labute approximate surface area is 117 Å². The van der Waals surface area contributed by atoms with Gasteiger partial charge in [-0.3, -0.25) is 4.79 Å². The molecule has 0 radical (unpaired) electrons. The SMILES string of the molecule is O=C(Cc1ccc(Cl)c(Cl)c1)C1CC2CCC1N2. The summed E-state index contributed by atoms with van der Waals surface area (Å²) in [6.45, 7) is 0. The first-order valence-electron chi connectivity index (χ1n) is 6.36. The smallest absolute Gasteiger partial charge is 0.141 e. The van der Waals surface area contributed by atoms with Crippen LogP contribution < -0.4 is 5.32 Å². The molecule has 0 aromatic heterocycles. The summed E-state index contributed by atoms with van der Waals surface area (Å²) in [7, 11) is 0. The first kappa shape index (κ1) is 12.5. The van der Waals surface area contributed by atoms with Gasteiger partial charge in [-0.05, 0) is 37.0 Å². The van der Waals surface area contributed by atoms with E-state index in [2.05, 4.69) is 5.32 Å². The highest BCUT2D eigenvalue weighted by molar-refractivity contribution is 6.42. The molecule has 1 aromatic rings. The summed E-state index contributed by atoms with van der Waals surface area (Å²) in [4.78, 5) is 12.3. The largest absolute Gasteiger partial charge is 0.310 e. The van der Waals surface area contributed by atoms with Crippen molar-refractivity contribution in [3.8, 4) is 0 Å². The number of ketones is 1. The summed E-state index contributed by atoms with van der Waals surface area (Å²) >= 11 is 11.8.